The van der Waals surface area contributed by atoms with Gasteiger partial charge in [-0.2, -0.15) is 4.98 Å². The van der Waals surface area contributed by atoms with E-state index in [1.807, 2.05) is 4.57 Å². The van der Waals surface area contributed by atoms with Gasteiger partial charge < -0.3 is 9.64 Å². The van der Waals surface area contributed by atoms with Crippen LogP contribution in [-0.4, -0.2) is 45.4 Å². The van der Waals surface area contributed by atoms with Crippen molar-refractivity contribution in [3.63, 3.8) is 0 Å². The zero-order valence-corrected chi connectivity index (χ0v) is 15.6. The molecule has 27 heavy (non-hydrogen) atoms. The van der Waals surface area contributed by atoms with Crippen LogP contribution >= 0.6 is 0 Å². The molecule has 0 aromatic carbocycles. The predicted octanol–water partition coefficient (Wildman–Crippen LogP) is 2.46. The highest BCUT2D eigenvalue weighted by molar-refractivity contribution is 5.96. The fraction of sp³-hybridized carbons (Fsp3) is 0.474. The first-order valence-electron chi connectivity index (χ1n) is 9.37. The lowest BCUT2D eigenvalue weighted by atomic mass is 9.96. The van der Waals surface area contributed by atoms with E-state index in [2.05, 4.69) is 34.2 Å². The van der Waals surface area contributed by atoms with Crippen molar-refractivity contribution in [3.05, 3.63) is 34.9 Å². The average Bonchev–Trinajstić information content (AvgIpc) is 3.12. The number of hydrogen-bond donors (Lipinski definition) is 0. The van der Waals surface area contributed by atoms with E-state index in [1.165, 1.54) is 0 Å². The molecule has 1 fully saturated rings. The molecule has 8 heteroatoms. The van der Waals surface area contributed by atoms with Gasteiger partial charge in [0, 0.05) is 24.9 Å². The first-order valence-corrected chi connectivity index (χ1v) is 9.37. The van der Waals surface area contributed by atoms with Crippen LogP contribution in [0.1, 0.15) is 26.2 Å². The van der Waals surface area contributed by atoms with E-state index in [-0.39, 0.29) is 11.9 Å². The molecule has 0 bridgehead atoms. The average molecular weight is 367 g/mol. The van der Waals surface area contributed by atoms with E-state index < -0.39 is 5.56 Å². The molecule has 0 aliphatic carbocycles. The number of likely N-dealkylation sites (tertiary alicyclic amines) is 1. The molecule has 1 saturated heterocycles. The number of aromatic nitrogens is 3. The maximum absolute atomic E-state index is 12.6. The van der Waals surface area contributed by atoms with Gasteiger partial charge in [-0.25, -0.2) is 10.3 Å². The number of ether oxygens (including phenoxy) is 1. The topological polar surface area (TPSA) is 86.7 Å². The number of nitrogens with zero attached hydrogens (tertiary/aromatic N) is 6. The smallest absolute Gasteiger partial charge is 0.307 e. The van der Waals surface area contributed by atoms with Crippen LogP contribution in [0, 0.1) is 5.92 Å². The van der Waals surface area contributed by atoms with Gasteiger partial charge in [-0.3, -0.25) is 14.3 Å². The highest BCUT2D eigenvalue weighted by Crippen LogP contribution is 2.34. The minimum absolute atomic E-state index is 0.246. The molecular weight excluding hydrogens is 344 g/mol. The van der Waals surface area contributed by atoms with E-state index in [0.717, 1.165) is 38.2 Å². The molecule has 0 atom stereocenters. The summed E-state index contributed by atoms with van der Waals surface area (Å²) in [5.74, 6) is 2.18. The third-order valence-corrected chi connectivity index (χ3v) is 4.93. The lowest BCUT2D eigenvalue weighted by Gasteiger charge is -2.28. The SMILES string of the molecule is CCCn1c(Oc2ccncc2)nc(=O)c2c1N=C(C1CCN(C)CC1)[N]2. The monoisotopic (exact) mass is 367 g/mol. The first-order chi connectivity index (χ1) is 13.2. The van der Waals surface area contributed by atoms with Crippen LogP contribution in [0.2, 0.25) is 0 Å². The van der Waals surface area contributed by atoms with Crippen LogP contribution in [0.5, 0.6) is 11.8 Å². The van der Waals surface area contributed by atoms with Crippen molar-refractivity contribution in [1.29, 1.82) is 0 Å². The number of rotatable bonds is 5. The summed E-state index contributed by atoms with van der Waals surface area (Å²) in [7, 11) is 2.12. The molecule has 2 aliphatic heterocycles. The number of aliphatic imine (C=N–C) groups is 1. The number of fused-ring (bicyclic) bond motifs is 1. The molecule has 0 unspecified atom stereocenters. The van der Waals surface area contributed by atoms with Gasteiger partial charge in [0.15, 0.2) is 11.5 Å². The third-order valence-electron chi connectivity index (χ3n) is 4.93. The summed E-state index contributed by atoms with van der Waals surface area (Å²) in [6.07, 6.45) is 6.14. The second-order valence-electron chi connectivity index (χ2n) is 6.97. The maximum atomic E-state index is 12.6. The fourth-order valence-electron chi connectivity index (χ4n) is 3.44. The summed E-state index contributed by atoms with van der Waals surface area (Å²) in [6, 6.07) is 3.70. The normalized spacial score (nSPS) is 17.3. The highest BCUT2D eigenvalue weighted by Gasteiger charge is 2.31. The second-order valence-corrected chi connectivity index (χ2v) is 6.97. The Hall–Kier alpha value is -2.74. The quantitative estimate of drug-likeness (QED) is 0.810. The van der Waals surface area contributed by atoms with Crippen molar-refractivity contribution in [3.8, 4) is 11.8 Å². The van der Waals surface area contributed by atoms with Crippen LogP contribution in [0.15, 0.2) is 34.3 Å². The summed E-state index contributed by atoms with van der Waals surface area (Å²) in [5, 5.41) is 4.56. The zero-order valence-electron chi connectivity index (χ0n) is 15.6. The van der Waals surface area contributed by atoms with Gasteiger partial charge in [0.1, 0.15) is 11.6 Å². The van der Waals surface area contributed by atoms with Gasteiger partial charge in [-0.05, 0) is 51.5 Å². The lowest BCUT2D eigenvalue weighted by molar-refractivity contribution is 0.251. The number of amidine groups is 1. The van der Waals surface area contributed by atoms with Gasteiger partial charge in [-0.1, -0.05) is 6.92 Å². The van der Waals surface area contributed by atoms with E-state index in [0.29, 0.717) is 23.8 Å². The zero-order chi connectivity index (χ0) is 18.8. The summed E-state index contributed by atoms with van der Waals surface area (Å²) >= 11 is 0. The Morgan fingerprint density at radius 1 is 1.22 bits per heavy atom. The van der Waals surface area contributed by atoms with Crippen molar-refractivity contribution in [2.24, 2.45) is 10.9 Å². The third kappa shape index (κ3) is 3.57. The fourth-order valence-corrected chi connectivity index (χ4v) is 3.44. The summed E-state index contributed by atoms with van der Waals surface area (Å²) in [6.45, 7) is 4.75. The van der Waals surface area contributed by atoms with E-state index in [1.54, 1.807) is 24.5 Å². The molecule has 0 spiro atoms. The summed E-state index contributed by atoms with van der Waals surface area (Å²) < 4.78 is 7.71. The number of pyridine rings is 1. The minimum atomic E-state index is -0.395. The molecule has 4 rings (SSSR count). The molecular formula is C19H23N6O2. The Bertz CT molecular complexity index is 900. The van der Waals surface area contributed by atoms with Crippen LogP contribution in [-0.2, 0) is 6.54 Å². The molecule has 1 radical (unpaired) electrons. The van der Waals surface area contributed by atoms with Crippen LogP contribution in [0.25, 0.3) is 0 Å². The molecule has 4 heterocycles. The van der Waals surface area contributed by atoms with Crippen LogP contribution in [0.4, 0.5) is 11.5 Å². The molecule has 0 saturated carbocycles. The van der Waals surface area contributed by atoms with Crippen molar-refractivity contribution in [1.82, 2.24) is 24.8 Å². The van der Waals surface area contributed by atoms with Crippen molar-refractivity contribution in [2.75, 3.05) is 20.1 Å². The molecule has 0 amide bonds. The Labute approximate surface area is 157 Å². The number of piperidine rings is 1. The summed E-state index contributed by atoms with van der Waals surface area (Å²) in [4.78, 5) is 27.7. The highest BCUT2D eigenvalue weighted by atomic mass is 16.5. The largest absolute Gasteiger partial charge is 0.425 e. The first kappa shape index (κ1) is 17.7. The van der Waals surface area contributed by atoms with Gasteiger partial charge in [0.05, 0.1) is 0 Å². The van der Waals surface area contributed by atoms with E-state index in [4.69, 9.17) is 9.73 Å². The van der Waals surface area contributed by atoms with Crippen molar-refractivity contribution >= 4 is 17.3 Å². The maximum Gasteiger partial charge on any atom is 0.307 e. The molecule has 8 nitrogen and oxygen atoms in total. The van der Waals surface area contributed by atoms with Crippen molar-refractivity contribution < 1.29 is 4.74 Å². The van der Waals surface area contributed by atoms with Crippen LogP contribution in [0.3, 0.4) is 0 Å². The standard InChI is InChI=1S/C19H23N6O2/c1-3-10-25-17-15(21-16(22-17)13-6-11-24(2)12-7-13)18(26)23-19(25)27-14-4-8-20-9-5-14/h4-5,8-9,13H,3,6-7,10-12H2,1-2H3. The Kier molecular flexibility index (Phi) is 4.89. The minimum Gasteiger partial charge on any atom is -0.425 e. The Balaban J connectivity index is 1.69. The molecule has 2 aromatic heterocycles. The molecule has 141 valence electrons. The van der Waals surface area contributed by atoms with Gasteiger partial charge in [-0.15, -0.1) is 0 Å². The van der Waals surface area contributed by atoms with Gasteiger partial charge in [0.2, 0.25) is 0 Å². The van der Waals surface area contributed by atoms with Crippen molar-refractivity contribution in [2.45, 2.75) is 32.7 Å². The van der Waals surface area contributed by atoms with E-state index >= 15 is 0 Å². The van der Waals surface area contributed by atoms with Gasteiger partial charge >= 0.3 is 11.6 Å². The van der Waals surface area contributed by atoms with E-state index in [9.17, 15) is 4.79 Å². The number of hydrogen-bond acceptors (Lipinski definition) is 6. The summed E-state index contributed by atoms with van der Waals surface area (Å²) in [5.41, 5.74) is -0.0625. The molecule has 2 aliphatic rings. The second kappa shape index (κ2) is 7.48. The van der Waals surface area contributed by atoms with Crippen LogP contribution < -0.4 is 15.6 Å². The van der Waals surface area contributed by atoms with Gasteiger partial charge in [0.25, 0.3) is 0 Å². The lowest BCUT2D eigenvalue weighted by Crippen LogP contribution is -2.35. The predicted molar refractivity (Wildman–Crippen MR) is 102 cm³/mol. The molecule has 2 aromatic rings. The Morgan fingerprint density at radius 3 is 2.67 bits per heavy atom. The molecule has 0 N–H and O–H groups in total. The Morgan fingerprint density at radius 2 is 1.96 bits per heavy atom.